The third-order valence-corrected chi connectivity index (χ3v) is 6.19. The smallest absolute Gasteiger partial charge is 0.337 e. The van der Waals surface area contributed by atoms with E-state index in [-0.39, 0.29) is 17.6 Å². The first kappa shape index (κ1) is 24.1. The van der Waals surface area contributed by atoms with Crippen molar-refractivity contribution < 1.29 is 14.5 Å². The van der Waals surface area contributed by atoms with Crippen LogP contribution in [0.2, 0.25) is 0 Å². The number of para-hydroxylation sites is 2. The summed E-state index contributed by atoms with van der Waals surface area (Å²) in [6.07, 6.45) is 4.93. The number of nitro groups is 1. The largest absolute Gasteiger partial charge is 0.465 e. The topological polar surface area (TPSA) is 111 Å². The molecule has 0 bridgehead atoms. The van der Waals surface area contributed by atoms with E-state index in [0.717, 1.165) is 23.4 Å². The van der Waals surface area contributed by atoms with Gasteiger partial charge in [0.05, 0.1) is 23.3 Å². The Kier molecular flexibility index (Phi) is 6.92. The molecule has 1 aromatic heterocycles. The van der Waals surface area contributed by atoms with Crippen LogP contribution in [0.3, 0.4) is 0 Å². The molecule has 0 amide bonds. The van der Waals surface area contributed by atoms with Crippen LogP contribution in [0.15, 0.2) is 60.7 Å². The molecule has 0 fully saturated rings. The van der Waals surface area contributed by atoms with Crippen molar-refractivity contribution in [3.05, 3.63) is 93.3 Å². The van der Waals surface area contributed by atoms with Crippen molar-refractivity contribution in [1.29, 1.82) is 0 Å². The van der Waals surface area contributed by atoms with Crippen LogP contribution in [0.1, 0.15) is 39.6 Å². The molecule has 35 heavy (non-hydrogen) atoms. The molecule has 0 saturated heterocycles. The van der Waals surface area contributed by atoms with Gasteiger partial charge in [0.2, 0.25) is 0 Å². The van der Waals surface area contributed by atoms with Crippen molar-refractivity contribution in [3.63, 3.8) is 0 Å². The van der Waals surface area contributed by atoms with E-state index in [0.29, 0.717) is 22.1 Å². The lowest BCUT2D eigenvalue weighted by Gasteiger charge is -2.17. The lowest BCUT2D eigenvalue weighted by atomic mass is 9.96. The first-order valence-electron chi connectivity index (χ1n) is 11.0. The van der Waals surface area contributed by atoms with Gasteiger partial charge in [-0.1, -0.05) is 30.4 Å². The van der Waals surface area contributed by atoms with Crippen LogP contribution in [0, 0.1) is 24.0 Å². The summed E-state index contributed by atoms with van der Waals surface area (Å²) in [5.74, 6) is -0.323. The van der Waals surface area contributed by atoms with E-state index < -0.39 is 10.9 Å². The van der Waals surface area contributed by atoms with Crippen LogP contribution in [0.4, 0.5) is 11.4 Å². The second kappa shape index (κ2) is 10.1. The average Bonchev–Trinajstić information content (AvgIpc) is 3.41. The third kappa shape index (κ3) is 5.07. The van der Waals surface area contributed by atoms with Gasteiger partial charge in [0.25, 0.3) is 5.69 Å². The van der Waals surface area contributed by atoms with Gasteiger partial charge >= 0.3 is 5.97 Å². The van der Waals surface area contributed by atoms with Gasteiger partial charge in [-0.25, -0.2) is 9.48 Å². The molecule has 0 spiro atoms. The zero-order valence-corrected chi connectivity index (χ0v) is 20.3. The number of aryl methyl sites for hydroxylation is 1. The number of carbonyl (C=O) groups is 1. The number of methoxy groups -OCH3 is 1. The normalized spacial score (nSPS) is 16.7. The number of thiocarbonyl (C=S) groups is 1. The van der Waals surface area contributed by atoms with Crippen molar-refractivity contribution >= 4 is 34.7 Å². The average molecular weight is 492 g/mol. The highest BCUT2D eigenvalue weighted by Crippen LogP contribution is 2.35. The van der Waals surface area contributed by atoms with Gasteiger partial charge in [-0.15, -0.1) is 0 Å². The number of rotatable bonds is 6. The maximum atomic E-state index is 11.8. The molecule has 2 N–H and O–H groups in total. The van der Waals surface area contributed by atoms with Gasteiger partial charge in [0, 0.05) is 35.0 Å². The summed E-state index contributed by atoms with van der Waals surface area (Å²) in [6.45, 7) is 3.85. The zero-order valence-electron chi connectivity index (χ0n) is 19.5. The molecule has 1 heterocycles. The van der Waals surface area contributed by atoms with Crippen LogP contribution in [-0.4, -0.2) is 38.9 Å². The zero-order chi connectivity index (χ0) is 25.1. The summed E-state index contributed by atoms with van der Waals surface area (Å²) in [6, 6.07) is 13.5. The Morgan fingerprint density at radius 3 is 2.71 bits per heavy atom. The Morgan fingerprint density at radius 1 is 1.20 bits per heavy atom. The second-order valence-corrected chi connectivity index (χ2v) is 8.65. The van der Waals surface area contributed by atoms with Crippen LogP contribution in [-0.2, 0) is 4.74 Å². The number of ether oxygens (including phenoxy) is 1. The van der Waals surface area contributed by atoms with Crippen molar-refractivity contribution in [1.82, 2.24) is 15.1 Å². The van der Waals surface area contributed by atoms with E-state index in [1.165, 1.54) is 13.2 Å². The lowest BCUT2D eigenvalue weighted by molar-refractivity contribution is -0.384. The Bertz CT molecular complexity index is 1330. The second-order valence-electron chi connectivity index (χ2n) is 8.25. The quantitative estimate of drug-likeness (QED) is 0.169. The molecule has 180 valence electrons. The van der Waals surface area contributed by atoms with Gasteiger partial charge in [0.15, 0.2) is 5.11 Å². The third-order valence-electron chi connectivity index (χ3n) is 5.97. The van der Waals surface area contributed by atoms with Crippen LogP contribution < -0.4 is 10.6 Å². The number of aromatic nitrogens is 2. The summed E-state index contributed by atoms with van der Waals surface area (Å²) in [5, 5.41) is 23.0. The molecular formula is C25H25N5O4S. The van der Waals surface area contributed by atoms with Crippen LogP contribution >= 0.6 is 12.2 Å². The molecule has 0 saturated carbocycles. The molecule has 2 atom stereocenters. The number of benzene rings is 2. The molecule has 0 unspecified atom stereocenters. The van der Waals surface area contributed by atoms with Crippen molar-refractivity contribution in [2.75, 3.05) is 12.4 Å². The van der Waals surface area contributed by atoms with E-state index >= 15 is 0 Å². The molecule has 0 radical (unpaired) electrons. The molecule has 0 aliphatic heterocycles. The SMILES string of the molecule is COC(=O)c1cccc(NC(=S)N[C@@H]2C=C[C@@H](c3c(C)nn(-c4ccccc4[N+](=O)[O-])c3C)C2)c1. The Labute approximate surface area is 207 Å². The summed E-state index contributed by atoms with van der Waals surface area (Å²) in [7, 11) is 1.34. The van der Waals surface area contributed by atoms with Crippen LogP contribution in [0.5, 0.6) is 0 Å². The standard InChI is InChI=1S/C25H25N5O4S/c1-15-23(16(2)29(28-15)21-9-4-5-10-22(21)30(32)33)17-11-12-20(13-17)27-25(35)26-19-8-6-7-18(14-19)24(31)34-3/h4-12,14,17,20H,13H2,1-3H3,(H2,26,27,35)/t17-,20-/m1/s1. The number of allylic oxidation sites excluding steroid dienone is 1. The highest BCUT2D eigenvalue weighted by atomic mass is 32.1. The highest BCUT2D eigenvalue weighted by Gasteiger charge is 2.28. The fraction of sp³-hybridized carbons (Fsp3) is 0.240. The fourth-order valence-corrected chi connectivity index (χ4v) is 4.69. The van der Waals surface area contributed by atoms with Crippen molar-refractivity contribution in [2.45, 2.75) is 32.2 Å². The molecular weight excluding hydrogens is 466 g/mol. The number of hydrogen-bond acceptors (Lipinski definition) is 6. The molecule has 1 aliphatic rings. The van der Waals surface area contributed by atoms with E-state index in [4.69, 9.17) is 17.0 Å². The van der Waals surface area contributed by atoms with Crippen LogP contribution in [0.25, 0.3) is 5.69 Å². The number of nitrogens with zero attached hydrogens (tertiary/aromatic N) is 3. The van der Waals surface area contributed by atoms with Gasteiger partial charge in [-0.05, 0) is 56.8 Å². The summed E-state index contributed by atoms with van der Waals surface area (Å²) >= 11 is 5.47. The number of carbonyl (C=O) groups excluding carboxylic acids is 1. The number of esters is 1. The van der Waals surface area contributed by atoms with Gasteiger partial charge in [-0.2, -0.15) is 5.10 Å². The molecule has 9 nitrogen and oxygen atoms in total. The van der Waals surface area contributed by atoms with Crippen molar-refractivity contribution in [3.8, 4) is 5.69 Å². The lowest BCUT2D eigenvalue weighted by Crippen LogP contribution is -2.35. The fourth-order valence-electron chi connectivity index (χ4n) is 4.42. The predicted octanol–water partition coefficient (Wildman–Crippen LogP) is 4.58. The predicted molar refractivity (Wildman–Crippen MR) is 137 cm³/mol. The molecule has 4 rings (SSSR count). The highest BCUT2D eigenvalue weighted by molar-refractivity contribution is 7.80. The number of anilines is 1. The van der Waals surface area contributed by atoms with Gasteiger partial charge in [0.1, 0.15) is 5.69 Å². The van der Waals surface area contributed by atoms with E-state index in [2.05, 4.69) is 27.9 Å². The molecule has 2 aromatic carbocycles. The Hall–Kier alpha value is -4.05. The number of nitrogens with one attached hydrogen (secondary N) is 2. The summed E-state index contributed by atoms with van der Waals surface area (Å²) in [4.78, 5) is 22.9. The first-order valence-corrected chi connectivity index (χ1v) is 11.4. The number of nitro benzene ring substituents is 1. The molecule has 10 heteroatoms. The van der Waals surface area contributed by atoms with Crippen molar-refractivity contribution in [2.24, 2.45) is 0 Å². The number of hydrogen-bond donors (Lipinski definition) is 2. The van der Waals surface area contributed by atoms with E-state index in [9.17, 15) is 14.9 Å². The minimum Gasteiger partial charge on any atom is -0.465 e. The van der Waals surface area contributed by atoms with E-state index in [1.54, 1.807) is 41.1 Å². The Morgan fingerprint density at radius 2 is 1.97 bits per heavy atom. The Balaban J connectivity index is 1.45. The van der Waals surface area contributed by atoms with Gasteiger partial charge in [-0.3, -0.25) is 10.1 Å². The minimum atomic E-state index is -0.416. The monoisotopic (exact) mass is 491 g/mol. The summed E-state index contributed by atoms with van der Waals surface area (Å²) in [5.41, 5.74) is 4.32. The molecule has 1 aliphatic carbocycles. The van der Waals surface area contributed by atoms with E-state index in [1.807, 2.05) is 19.9 Å². The maximum Gasteiger partial charge on any atom is 0.337 e. The minimum absolute atomic E-state index is 0.00278. The first-order chi connectivity index (χ1) is 16.8. The molecule has 3 aromatic rings. The van der Waals surface area contributed by atoms with Gasteiger partial charge < -0.3 is 15.4 Å². The maximum absolute atomic E-state index is 11.8. The summed E-state index contributed by atoms with van der Waals surface area (Å²) < 4.78 is 6.41.